The van der Waals surface area contributed by atoms with E-state index in [1.165, 1.54) is 0 Å². The third-order valence-corrected chi connectivity index (χ3v) is 3.97. The van der Waals surface area contributed by atoms with Crippen molar-refractivity contribution < 1.29 is 9.59 Å². The van der Waals surface area contributed by atoms with E-state index in [2.05, 4.69) is 15.5 Å². The summed E-state index contributed by atoms with van der Waals surface area (Å²) in [5, 5.41) is 10.1. The lowest BCUT2D eigenvalue weighted by Crippen LogP contribution is -2.44. The lowest BCUT2D eigenvalue weighted by molar-refractivity contribution is -0.134. The predicted molar refractivity (Wildman–Crippen MR) is 79.6 cm³/mol. The van der Waals surface area contributed by atoms with Crippen molar-refractivity contribution >= 4 is 11.8 Å². The van der Waals surface area contributed by atoms with Crippen molar-refractivity contribution in [3.8, 4) is 0 Å². The van der Waals surface area contributed by atoms with Gasteiger partial charge in [-0.2, -0.15) is 5.10 Å². The Hall–Kier alpha value is -1.85. The molecule has 0 unspecified atom stereocenters. The summed E-state index contributed by atoms with van der Waals surface area (Å²) in [5.74, 6) is 0.207. The number of carbonyl (C=O) groups excluding carboxylic acids is 2. The van der Waals surface area contributed by atoms with Gasteiger partial charge in [0, 0.05) is 44.1 Å². The average molecular weight is 292 g/mol. The number of carbonyl (C=O) groups is 2. The molecule has 1 aromatic heterocycles. The first kappa shape index (κ1) is 15.5. The number of aromatic amines is 1. The van der Waals surface area contributed by atoms with Crippen molar-refractivity contribution in [3.05, 3.63) is 17.5 Å². The molecule has 2 N–H and O–H groups in total. The van der Waals surface area contributed by atoms with Gasteiger partial charge >= 0.3 is 0 Å². The van der Waals surface area contributed by atoms with Crippen LogP contribution in [0.4, 0.5) is 0 Å². The monoisotopic (exact) mass is 292 g/mol. The summed E-state index contributed by atoms with van der Waals surface area (Å²) in [6.07, 6.45) is 2.22. The van der Waals surface area contributed by atoms with Crippen molar-refractivity contribution in [2.24, 2.45) is 5.92 Å². The maximum atomic E-state index is 12.2. The van der Waals surface area contributed by atoms with E-state index in [0.717, 1.165) is 30.7 Å². The lowest BCUT2D eigenvalue weighted by Gasteiger charge is -2.31. The van der Waals surface area contributed by atoms with Gasteiger partial charge in [-0.15, -0.1) is 0 Å². The Morgan fingerprint density at radius 1 is 1.48 bits per heavy atom. The van der Waals surface area contributed by atoms with Gasteiger partial charge in [0.05, 0.1) is 5.69 Å². The fourth-order valence-electron chi connectivity index (χ4n) is 2.76. The smallest absolute Gasteiger partial charge is 0.223 e. The summed E-state index contributed by atoms with van der Waals surface area (Å²) in [5.41, 5.74) is 1.99. The number of nitrogens with zero attached hydrogens (tertiary/aromatic N) is 2. The van der Waals surface area contributed by atoms with E-state index in [1.807, 2.05) is 19.9 Å². The van der Waals surface area contributed by atoms with Crippen LogP contribution in [0.3, 0.4) is 0 Å². The zero-order chi connectivity index (χ0) is 15.4. The minimum Gasteiger partial charge on any atom is -0.353 e. The Balaban J connectivity index is 1.77. The molecule has 6 nitrogen and oxygen atoms in total. The van der Waals surface area contributed by atoms with Crippen LogP contribution in [0.15, 0.2) is 6.07 Å². The number of rotatable bonds is 4. The number of hydrogen-bond donors (Lipinski definition) is 2. The van der Waals surface area contributed by atoms with Gasteiger partial charge in [-0.05, 0) is 32.8 Å². The van der Waals surface area contributed by atoms with Gasteiger partial charge in [0.1, 0.15) is 0 Å². The van der Waals surface area contributed by atoms with Gasteiger partial charge < -0.3 is 10.2 Å². The number of piperidine rings is 1. The molecule has 0 spiro atoms. The number of amides is 2. The van der Waals surface area contributed by atoms with E-state index in [9.17, 15) is 9.59 Å². The van der Waals surface area contributed by atoms with Crippen LogP contribution in [0.5, 0.6) is 0 Å². The number of hydrogen-bond acceptors (Lipinski definition) is 3. The number of H-pyrrole nitrogens is 1. The summed E-state index contributed by atoms with van der Waals surface area (Å²) in [6, 6.07) is 2.06. The molecular weight excluding hydrogens is 268 g/mol. The standard InChI is InChI=1S/C15H24N4O2/c1-10(8-14-9-11(2)17-18-14)16-15(21)13-4-6-19(7-5-13)12(3)20/h9-10,13H,4-8H2,1-3H3,(H,16,21)(H,17,18)/t10-/m1/s1. The molecule has 1 aliphatic rings. The lowest BCUT2D eigenvalue weighted by atomic mass is 9.95. The normalized spacial score (nSPS) is 17.6. The third-order valence-electron chi connectivity index (χ3n) is 3.97. The average Bonchev–Trinajstić information content (AvgIpc) is 2.83. The number of aryl methyl sites for hydroxylation is 1. The Bertz CT molecular complexity index is 504. The molecule has 0 radical (unpaired) electrons. The molecule has 1 aliphatic heterocycles. The van der Waals surface area contributed by atoms with E-state index >= 15 is 0 Å². The van der Waals surface area contributed by atoms with Crippen LogP contribution < -0.4 is 5.32 Å². The van der Waals surface area contributed by atoms with Crippen molar-refractivity contribution in [2.45, 2.75) is 46.1 Å². The highest BCUT2D eigenvalue weighted by Crippen LogP contribution is 2.17. The van der Waals surface area contributed by atoms with Gasteiger partial charge in [-0.1, -0.05) is 0 Å². The molecule has 1 fully saturated rings. The second-order valence-corrected chi connectivity index (χ2v) is 5.94. The van der Waals surface area contributed by atoms with Crippen LogP contribution in [0, 0.1) is 12.8 Å². The second kappa shape index (κ2) is 6.74. The molecule has 1 aromatic rings. The van der Waals surface area contributed by atoms with E-state index in [4.69, 9.17) is 0 Å². The minimum absolute atomic E-state index is 0.0176. The van der Waals surface area contributed by atoms with Crippen LogP contribution in [0.25, 0.3) is 0 Å². The van der Waals surface area contributed by atoms with Crippen molar-refractivity contribution in [2.75, 3.05) is 13.1 Å². The largest absolute Gasteiger partial charge is 0.353 e. The molecule has 2 amide bonds. The topological polar surface area (TPSA) is 78.1 Å². The van der Waals surface area contributed by atoms with E-state index in [-0.39, 0.29) is 23.8 Å². The maximum Gasteiger partial charge on any atom is 0.223 e. The number of aromatic nitrogens is 2. The second-order valence-electron chi connectivity index (χ2n) is 5.94. The van der Waals surface area contributed by atoms with Gasteiger partial charge in [0.25, 0.3) is 0 Å². The summed E-state index contributed by atoms with van der Waals surface area (Å²) >= 11 is 0. The van der Waals surface area contributed by atoms with Crippen LogP contribution >= 0.6 is 0 Å². The molecule has 1 saturated heterocycles. The highest BCUT2D eigenvalue weighted by atomic mass is 16.2. The zero-order valence-corrected chi connectivity index (χ0v) is 13.0. The quantitative estimate of drug-likeness (QED) is 0.870. The molecule has 6 heteroatoms. The molecule has 1 atom stereocenters. The number of likely N-dealkylation sites (tertiary alicyclic amines) is 1. The summed E-state index contributed by atoms with van der Waals surface area (Å²) in [7, 11) is 0. The predicted octanol–water partition coefficient (Wildman–Crippen LogP) is 1.02. The van der Waals surface area contributed by atoms with Crippen LogP contribution in [0.1, 0.15) is 38.1 Å². The SMILES string of the molecule is CC(=O)N1CCC(C(=O)N[C@H](C)Cc2cc(C)[nH]n2)CC1. The zero-order valence-electron chi connectivity index (χ0n) is 13.0. The molecule has 2 rings (SSSR count). The first-order valence-electron chi connectivity index (χ1n) is 7.52. The molecule has 0 saturated carbocycles. The van der Waals surface area contributed by atoms with Crippen LogP contribution in [-0.4, -0.2) is 46.0 Å². The minimum atomic E-state index is 0.0176. The molecule has 21 heavy (non-hydrogen) atoms. The van der Waals surface area contributed by atoms with Crippen molar-refractivity contribution in [3.63, 3.8) is 0 Å². The van der Waals surface area contributed by atoms with Crippen molar-refractivity contribution in [1.82, 2.24) is 20.4 Å². The molecule has 0 aromatic carbocycles. The fraction of sp³-hybridized carbons (Fsp3) is 0.667. The van der Waals surface area contributed by atoms with Crippen molar-refractivity contribution in [1.29, 1.82) is 0 Å². The highest BCUT2D eigenvalue weighted by Gasteiger charge is 2.26. The van der Waals surface area contributed by atoms with E-state index in [1.54, 1.807) is 11.8 Å². The molecule has 116 valence electrons. The molecule has 0 aliphatic carbocycles. The molecule has 2 heterocycles. The van der Waals surface area contributed by atoms with E-state index < -0.39 is 0 Å². The van der Waals surface area contributed by atoms with Gasteiger partial charge in [0.2, 0.25) is 11.8 Å². The van der Waals surface area contributed by atoms with E-state index in [0.29, 0.717) is 13.1 Å². The fourth-order valence-corrected chi connectivity index (χ4v) is 2.76. The highest BCUT2D eigenvalue weighted by molar-refractivity contribution is 5.79. The summed E-state index contributed by atoms with van der Waals surface area (Å²) in [6.45, 7) is 6.89. The Labute approximate surface area is 125 Å². The van der Waals surface area contributed by atoms with Crippen LogP contribution in [-0.2, 0) is 16.0 Å². The third kappa shape index (κ3) is 4.31. The maximum absolute atomic E-state index is 12.2. The first-order chi connectivity index (χ1) is 9.95. The Kier molecular flexibility index (Phi) is 4.98. The first-order valence-corrected chi connectivity index (χ1v) is 7.52. The van der Waals surface area contributed by atoms with Gasteiger partial charge in [-0.25, -0.2) is 0 Å². The Morgan fingerprint density at radius 3 is 2.67 bits per heavy atom. The summed E-state index contributed by atoms with van der Waals surface area (Å²) in [4.78, 5) is 25.3. The molecule has 0 bridgehead atoms. The van der Waals surface area contributed by atoms with Crippen LogP contribution in [0.2, 0.25) is 0 Å². The summed E-state index contributed by atoms with van der Waals surface area (Å²) < 4.78 is 0. The molecular formula is C15H24N4O2. The Morgan fingerprint density at radius 2 is 2.14 bits per heavy atom. The number of nitrogens with one attached hydrogen (secondary N) is 2. The van der Waals surface area contributed by atoms with Gasteiger partial charge in [-0.3, -0.25) is 14.7 Å². The van der Waals surface area contributed by atoms with Gasteiger partial charge in [0.15, 0.2) is 0 Å².